The van der Waals surface area contributed by atoms with Crippen LogP contribution in [0, 0.1) is 0 Å². The lowest BCUT2D eigenvalue weighted by Gasteiger charge is -2.15. The fourth-order valence-corrected chi connectivity index (χ4v) is 1.61. The first-order valence-electron chi connectivity index (χ1n) is 5.40. The SMILES string of the molecule is CCC(Cl)CON1C(=O)c2ccccc2C1=O. The fourth-order valence-electron chi connectivity index (χ4n) is 1.56. The maximum Gasteiger partial charge on any atom is 0.285 e. The predicted molar refractivity (Wildman–Crippen MR) is 62.8 cm³/mol. The molecule has 0 spiro atoms. The van der Waals surface area contributed by atoms with Gasteiger partial charge in [-0.25, -0.2) is 0 Å². The highest BCUT2D eigenvalue weighted by Crippen LogP contribution is 2.22. The van der Waals surface area contributed by atoms with Crippen molar-refractivity contribution < 1.29 is 14.4 Å². The molecule has 1 atom stereocenters. The third-order valence-corrected chi connectivity index (χ3v) is 3.02. The Hall–Kier alpha value is -1.39. The van der Waals surface area contributed by atoms with Crippen LogP contribution in [0.3, 0.4) is 0 Å². The van der Waals surface area contributed by atoms with E-state index >= 15 is 0 Å². The quantitative estimate of drug-likeness (QED) is 0.611. The smallest absolute Gasteiger partial charge is 0.266 e. The summed E-state index contributed by atoms with van der Waals surface area (Å²) in [5.41, 5.74) is 0.750. The third kappa shape index (κ3) is 2.18. The maximum absolute atomic E-state index is 11.8. The van der Waals surface area contributed by atoms with Crippen LogP contribution in [-0.4, -0.2) is 28.9 Å². The van der Waals surface area contributed by atoms with E-state index in [4.69, 9.17) is 16.4 Å². The number of benzene rings is 1. The van der Waals surface area contributed by atoms with Crippen molar-refractivity contribution in [3.8, 4) is 0 Å². The van der Waals surface area contributed by atoms with Crippen LogP contribution >= 0.6 is 11.6 Å². The number of amides is 2. The standard InChI is InChI=1S/C12H12ClNO3/c1-2-8(13)7-17-14-11(15)9-5-3-4-6-10(9)12(14)16/h3-6,8H,2,7H2,1H3. The van der Waals surface area contributed by atoms with Gasteiger partial charge >= 0.3 is 0 Å². The molecule has 1 aliphatic heterocycles. The van der Waals surface area contributed by atoms with Gasteiger partial charge in [-0.3, -0.25) is 14.4 Å². The van der Waals surface area contributed by atoms with E-state index in [0.717, 1.165) is 5.06 Å². The van der Waals surface area contributed by atoms with Gasteiger partial charge in [0.25, 0.3) is 11.8 Å². The molecule has 1 unspecified atom stereocenters. The fraction of sp³-hybridized carbons (Fsp3) is 0.333. The zero-order valence-corrected chi connectivity index (χ0v) is 10.1. The maximum atomic E-state index is 11.8. The first-order chi connectivity index (χ1) is 8.15. The molecular weight excluding hydrogens is 242 g/mol. The molecule has 0 radical (unpaired) electrons. The van der Waals surface area contributed by atoms with E-state index in [1.54, 1.807) is 24.3 Å². The number of rotatable bonds is 4. The topological polar surface area (TPSA) is 46.6 Å². The summed E-state index contributed by atoms with van der Waals surface area (Å²) in [6.07, 6.45) is 0.713. The van der Waals surface area contributed by atoms with Crippen molar-refractivity contribution in [2.75, 3.05) is 6.61 Å². The predicted octanol–water partition coefficient (Wildman–Crippen LogP) is 2.23. The van der Waals surface area contributed by atoms with E-state index in [2.05, 4.69) is 0 Å². The molecule has 90 valence electrons. The average molecular weight is 254 g/mol. The molecule has 1 aromatic rings. The van der Waals surface area contributed by atoms with Crippen molar-refractivity contribution in [1.82, 2.24) is 5.06 Å². The monoisotopic (exact) mass is 253 g/mol. The Labute approximate surface area is 104 Å². The molecule has 1 heterocycles. The van der Waals surface area contributed by atoms with Crippen LogP contribution in [0.4, 0.5) is 0 Å². The van der Waals surface area contributed by atoms with Crippen molar-refractivity contribution in [2.45, 2.75) is 18.7 Å². The molecule has 2 amide bonds. The second kappa shape index (κ2) is 4.85. The normalized spacial score (nSPS) is 16.2. The van der Waals surface area contributed by atoms with Crippen LogP contribution < -0.4 is 0 Å². The first-order valence-corrected chi connectivity index (χ1v) is 5.83. The van der Waals surface area contributed by atoms with Crippen molar-refractivity contribution in [2.24, 2.45) is 0 Å². The molecule has 0 aliphatic carbocycles. The lowest BCUT2D eigenvalue weighted by molar-refractivity contribution is -0.0910. The minimum Gasteiger partial charge on any atom is -0.266 e. The van der Waals surface area contributed by atoms with Crippen molar-refractivity contribution in [1.29, 1.82) is 0 Å². The Morgan fingerprint density at radius 2 is 1.76 bits per heavy atom. The van der Waals surface area contributed by atoms with E-state index in [9.17, 15) is 9.59 Å². The number of carbonyl (C=O) groups is 2. The Morgan fingerprint density at radius 3 is 2.24 bits per heavy atom. The lowest BCUT2D eigenvalue weighted by atomic mass is 10.1. The molecule has 0 aromatic heterocycles. The Balaban J connectivity index is 2.13. The largest absolute Gasteiger partial charge is 0.285 e. The number of fused-ring (bicyclic) bond motifs is 1. The molecule has 1 aliphatic rings. The summed E-state index contributed by atoms with van der Waals surface area (Å²) in [6.45, 7) is 2.05. The Morgan fingerprint density at radius 1 is 1.24 bits per heavy atom. The molecule has 2 rings (SSSR count). The summed E-state index contributed by atoms with van der Waals surface area (Å²) >= 11 is 5.88. The second-order valence-corrected chi connectivity index (χ2v) is 4.37. The van der Waals surface area contributed by atoms with Crippen LogP contribution in [0.1, 0.15) is 34.1 Å². The number of hydrogen-bond donors (Lipinski definition) is 0. The zero-order valence-electron chi connectivity index (χ0n) is 9.35. The van der Waals surface area contributed by atoms with E-state index < -0.39 is 11.8 Å². The highest BCUT2D eigenvalue weighted by Gasteiger charge is 2.36. The number of hydrogen-bond acceptors (Lipinski definition) is 3. The molecule has 0 saturated heterocycles. The van der Waals surface area contributed by atoms with Gasteiger partial charge in [-0.05, 0) is 18.6 Å². The van der Waals surface area contributed by atoms with Gasteiger partial charge in [0, 0.05) is 0 Å². The summed E-state index contributed by atoms with van der Waals surface area (Å²) in [4.78, 5) is 28.9. The average Bonchev–Trinajstić information content (AvgIpc) is 2.60. The highest BCUT2D eigenvalue weighted by atomic mass is 35.5. The van der Waals surface area contributed by atoms with Gasteiger partial charge in [0.15, 0.2) is 0 Å². The minimum absolute atomic E-state index is 0.142. The molecule has 0 saturated carbocycles. The summed E-state index contributed by atoms with van der Waals surface area (Å²) < 4.78 is 0. The van der Waals surface area contributed by atoms with Crippen LogP contribution in [0.25, 0.3) is 0 Å². The van der Waals surface area contributed by atoms with E-state index in [1.807, 2.05) is 6.92 Å². The number of alkyl halides is 1. The minimum atomic E-state index is -0.425. The number of hydroxylamine groups is 2. The molecule has 4 nitrogen and oxygen atoms in total. The first kappa shape index (κ1) is 12.1. The summed E-state index contributed by atoms with van der Waals surface area (Å²) in [5, 5.41) is 0.578. The summed E-state index contributed by atoms with van der Waals surface area (Å²) in [6, 6.07) is 6.64. The number of imide groups is 1. The number of halogens is 1. The molecule has 5 heteroatoms. The highest BCUT2D eigenvalue weighted by molar-refractivity contribution is 6.21. The van der Waals surface area contributed by atoms with E-state index in [1.165, 1.54) is 0 Å². The van der Waals surface area contributed by atoms with Crippen molar-refractivity contribution in [3.05, 3.63) is 35.4 Å². The summed E-state index contributed by atoms with van der Waals surface area (Å²) in [7, 11) is 0. The van der Waals surface area contributed by atoms with Gasteiger partial charge in [-0.15, -0.1) is 16.7 Å². The summed E-state index contributed by atoms with van der Waals surface area (Å²) in [5.74, 6) is -0.851. The molecule has 0 bridgehead atoms. The third-order valence-electron chi connectivity index (χ3n) is 2.58. The van der Waals surface area contributed by atoms with Crippen LogP contribution in [0.2, 0.25) is 0 Å². The van der Waals surface area contributed by atoms with Crippen molar-refractivity contribution >= 4 is 23.4 Å². The number of carbonyl (C=O) groups excluding carboxylic acids is 2. The van der Waals surface area contributed by atoms with Gasteiger partial charge in [0.2, 0.25) is 0 Å². The van der Waals surface area contributed by atoms with Gasteiger partial charge in [-0.2, -0.15) is 0 Å². The van der Waals surface area contributed by atoms with Gasteiger partial charge in [0.05, 0.1) is 23.1 Å². The molecule has 1 aromatic carbocycles. The Kier molecular flexibility index (Phi) is 3.45. The Bertz CT molecular complexity index is 426. The molecule has 0 N–H and O–H groups in total. The van der Waals surface area contributed by atoms with Crippen LogP contribution in [0.5, 0.6) is 0 Å². The van der Waals surface area contributed by atoms with Gasteiger partial charge < -0.3 is 0 Å². The lowest BCUT2D eigenvalue weighted by Crippen LogP contribution is -2.32. The van der Waals surface area contributed by atoms with Crippen LogP contribution in [0.15, 0.2) is 24.3 Å². The van der Waals surface area contributed by atoms with E-state index in [0.29, 0.717) is 17.5 Å². The van der Waals surface area contributed by atoms with Crippen LogP contribution in [-0.2, 0) is 4.84 Å². The molecule has 17 heavy (non-hydrogen) atoms. The molecular formula is C12H12ClNO3. The van der Waals surface area contributed by atoms with Gasteiger partial charge in [-0.1, -0.05) is 19.1 Å². The second-order valence-electron chi connectivity index (χ2n) is 3.75. The van der Waals surface area contributed by atoms with Crippen molar-refractivity contribution in [3.63, 3.8) is 0 Å². The zero-order chi connectivity index (χ0) is 12.4. The van der Waals surface area contributed by atoms with E-state index in [-0.39, 0.29) is 12.0 Å². The molecule has 0 fully saturated rings. The number of nitrogens with zero attached hydrogens (tertiary/aromatic N) is 1. The van der Waals surface area contributed by atoms with Gasteiger partial charge in [0.1, 0.15) is 0 Å².